The van der Waals surface area contributed by atoms with Gasteiger partial charge in [0, 0.05) is 12.6 Å². The van der Waals surface area contributed by atoms with Crippen molar-refractivity contribution in [1.29, 1.82) is 0 Å². The Labute approximate surface area is 130 Å². The summed E-state index contributed by atoms with van der Waals surface area (Å²) in [5.41, 5.74) is -0.613. The molecule has 0 amide bonds. The predicted molar refractivity (Wildman–Crippen MR) is 87.4 cm³/mol. The van der Waals surface area contributed by atoms with Crippen molar-refractivity contribution in [1.82, 2.24) is 10.2 Å². The molecule has 4 nitrogen and oxygen atoms in total. The van der Waals surface area contributed by atoms with E-state index in [-0.39, 0.29) is 5.97 Å². The molecule has 0 radical (unpaired) electrons. The van der Waals surface area contributed by atoms with Gasteiger partial charge in [-0.1, -0.05) is 26.7 Å². The van der Waals surface area contributed by atoms with Crippen LogP contribution in [-0.2, 0) is 9.53 Å². The quantitative estimate of drug-likeness (QED) is 0.700. The van der Waals surface area contributed by atoms with E-state index < -0.39 is 5.54 Å². The number of nitrogens with one attached hydrogen (secondary N) is 1. The fourth-order valence-corrected chi connectivity index (χ4v) is 3.45. The van der Waals surface area contributed by atoms with Gasteiger partial charge in [-0.25, -0.2) is 0 Å². The molecule has 1 N–H and O–H groups in total. The molecule has 1 saturated carbocycles. The Morgan fingerprint density at radius 3 is 2.57 bits per heavy atom. The van der Waals surface area contributed by atoms with Crippen molar-refractivity contribution in [3.8, 4) is 0 Å². The molecule has 0 heterocycles. The van der Waals surface area contributed by atoms with Crippen molar-refractivity contribution in [2.75, 3.05) is 26.7 Å². The van der Waals surface area contributed by atoms with Crippen molar-refractivity contribution in [2.24, 2.45) is 5.92 Å². The molecular weight excluding hydrogens is 264 g/mol. The monoisotopic (exact) mass is 298 g/mol. The molecule has 124 valence electrons. The number of hydrogen-bond donors (Lipinski definition) is 1. The second kappa shape index (κ2) is 8.74. The standard InChI is InChI=1S/C17H34N2O2/c1-6-12-18-17(4,16(20)21-7-2)13-19(5)15-11-9-8-10-14(15)3/h14-15,18H,6-13H2,1-5H3. The van der Waals surface area contributed by atoms with Crippen molar-refractivity contribution >= 4 is 5.97 Å². The molecule has 0 bridgehead atoms. The van der Waals surface area contributed by atoms with Crippen molar-refractivity contribution in [3.05, 3.63) is 0 Å². The maximum atomic E-state index is 12.4. The van der Waals surface area contributed by atoms with Gasteiger partial charge in [0.15, 0.2) is 0 Å². The molecule has 1 rings (SSSR count). The number of carbonyl (C=O) groups is 1. The number of rotatable bonds is 8. The molecule has 0 spiro atoms. The van der Waals surface area contributed by atoms with E-state index in [0.717, 1.165) is 13.0 Å². The first-order valence-corrected chi connectivity index (χ1v) is 8.57. The van der Waals surface area contributed by atoms with Gasteiger partial charge in [0.1, 0.15) is 5.54 Å². The first kappa shape index (κ1) is 18.4. The summed E-state index contributed by atoms with van der Waals surface area (Å²) in [6, 6.07) is 0.580. The van der Waals surface area contributed by atoms with Crippen LogP contribution >= 0.6 is 0 Å². The van der Waals surface area contributed by atoms with E-state index in [2.05, 4.69) is 31.1 Å². The van der Waals surface area contributed by atoms with Gasteiger partial charge < -0.3 is 15.0 Å². The topological polar surface area (TPSA) is 41.6 Å². The van der Waals surface area contributed by atoms with Crippen molar-refractivity contribution in [2.45, 2.75) is 71.4 Å². The van der Waals surface area contributed by atoms with Crippen molar-refractivity contribution < 1.29 is 9.53 Å². The normalized spacial score (nSPS) is 25.6. The van der Waals surface area contributed by atoms with E-state index in [1.54, 1.807) is 0 Å². The third-order valence-corrected chi connectivity index (χ3v) is 4.69. The van der Waals surface area contributed by atoms with Gasteiger partial charge in [-0.05, 0) is 52.6 Å². The molecule has 0 aliphatic heterocycles. The second-order valence-electron chi connectivity index (χ2n) is 6.72. The van der Waals surface area contributed by atoms with Crippen LogP contribution in [0.3, 0.4) is 0 Å². The summed E-state index contributed by atoms with van der Waals surface area (Å²) >= 11 is 0. The number of likely N-dealkylation sites (N-methyl/N-ethyl adjacent to an activating group) is 1. The van der Waals surface area contributed by atoms with Crippen LogP contribution in [0.5, 0.6) is 0 Å². The van der Waals surface area contributed by atoms with Crippen LogP contribution in [0.4, 0.5) is 0 Å². The minimum absolute atomic E-state index is 0.131. The minimum atomic E-state index is -0.613. The van der Waals surface area contributed by atoms with Gasteiger partial charge in [0.2, 0.25) is 0 Å². The lowest BCUT2D eigenvalue weighted by Crippen LogP contribution is -2.59. The first-order valence-electron chi connectivity index (χ1n) is 8.57. The lowest BCUT2D eigenvalue weighted by molar-refractivity contribution is -0.151. The van der Waals surface area contributed by atoms with Gasteiger partial charge in [-0.3, -0.25) is 4.79 Å². The SMILES string of the molecule is CCCNC(C)(CN(C)C1CCCCC1C)C(=O)OCC. The van der Waals surface area contributed by atoms with Gasteiger partial charge in [-0.15, -0.1) is 0 Å². The Kier molecular flexibility index (Phi) is 7.67. The summed E-state index contributed by atoms with van der Waals surface area (Å²) in [5, 5.41) is 3.40. The predicted octanol–water partition coefficient (Wildman–Crippen LogP) is 2.82. The fraction of sp³-hybridized carbons (Fsp3) is 0.941. The van der Waals surface area contributed by atoms with Crippen LogP contribution in [0.2, 0.25) is 0 Å². The average molecular weight is 298 g/mol. The van der Waals surface area contributed by atoms with E-state index in [1.807, 2.05) is 13.8 Å². The van der Waals surface area contributed by atoms with E-state index in [9.17, 15) is 4.79 Å². The summed E-state index contributed by atoms with van der Waals surface area (Å²) in [5.74, 6) is 0.579. The molecule has 3 unspecified atom stereocenters. The van der Waals surface area contributed by atoms with Crippen LogP contribution in [0.25, 0.3) is 0 Å². The highest BCUT2D eigenvalue weighted by atomic mass is 16.5. The number of nitrogens with zero attached hydrogens (tertiary/aromatic N) is 1. The molecule has 0 aromatic heterocycles. The van der Waals surface area contributed by atoms with E-state index >= 15 is 0 Å². The third kappa shape index (κ3) is 5.26. The molecule has 1 fully saturated rings. The van der Waals surface area contributed by atoms with Crippen LogP contribution in [-0.4, -0.2) is 49.2 Å². The average Bonchev–Trinajstić information content (AvgIpc) is 2.45. The second-order valence-corrected chi connectivity index (χ2v) is 6.72. The highest BCUT2D eigenvalue weighted by molar-refractivity contribution is 5.80. The minimum Gasteiger partial charge on any atom is -0.465 e. The molecule has 1 aliphatic carbocycles. The molecule has 0 aromatic carbocycles. The van der Waals surface area contributed by atoms with E-state index in [0.29, 0.717) is 25.1 Å². The van der Waals surface area contributed by atoms with Crippen LogP contribution < -0.4 is 5.32 Å². The highest BCUT2D eigenvalue weighted by Crippen LogP contribution is 2.28. The molecule has 3 atom stereocenters. The highest BCUT2D eigenvalue weighted by Gasteiger charge is 2.37. The Balaban J connectivity index is 2.71. The summed E-state index contributed by atoms with van der Waals surface area (Å²) in [6.45, 7) is 10.3. The molecule has 1 aliphatic rings. The number of ether oxygens (including phenoxy) is 1. The van der Waals surface area contributed by atoms with Gasteiger partial charge in [0.25, 0.3) is 0 Å². The van der Waals surface area contributed by atoms with Crippen LogP contribution in [0.1, 0.15) is 59.8 Å². The Bertz CT molecular complexity index is 322. The zero-order valence-corrected chi connectivity index (χ0v) is 14.6. The van der Waals surface area contributed by atoms with Crippen LogP contribution in [0, 0.1) is 5.92 Å². The Hall–Kier alpha value is -0.610. The number of hydrogen-bond acceptors (Lipinski definition) is 4. The van der Waals surface area contributed by atoms with Crippen molar-refractivity contribution in [3.63, 3.8) is 0 Å². The van der Waals surface area contributed by atoms with Crippen LogP contribution in [0.15, 0.2) is 0 Å². The lowest BCUT2D eigenvalue weighted by Gasteiger charge is -2.40. The molecular formula is C17H34N2O2. The first-order chi connectivity index (χ1) is 9.94. The van der Waals surface area contributed by atoms with Gasteiger partial charge >= 0.3 is 5.97 Å². The number of carbonyl (C=O) groups excluding carboxylic acids is 1. The molecule has 4 heteroatoms. The van der Waals surface area contributed by atoms with Gasteiger partial charge in [-0.2, -0.15) is 0 Å². The van der Waals surface area contributed by atoms with E-state index in [4.69, 9.17) is 4.74 Å². The summed E-state index contributed by atoms with van der Waals surface area (Å²) in [7, 11) is 2.15. The summed E-state index contributed by atoms with van der Waals surface area (Å²) in [4.78, 5) is 14.7. The largest absolute Gasteiger partial charge is 0.465 e. The zero-order valence-electron chi connectivity index (χ0n) is 14.6. The number of esters is 1. The summed E-state index contributed by atoms with van der Waals surface area (Å²) < 4.78 is 5.29. The molecule has 0 aromatic rings. The molecule has 21 heavy (non-hydrogen) atoms. The summed E-state index contributed by atoms with van der Waals surface area (Å²) in [6.07, 6.45) is 6.20. The Morgan fingerprint density at radius 1 is 1.33 bits per heavy atom. The lowest BCUT2D eigenvalue weighted by atomic mass is 9.84. The fourth-order valence-electron chi connectivity index (χ4n) is 3.45. The zero-order chi connectivity index (χ0) is 15.9. The van der Waals surface area contributed by atoms with Gasteiger partial charge in [0.05, 0.1) is 6.61 Å². The third-order valence-electron chi connectivity index (χ3n) is 4.69. The smallest absolute Gasteiger partial charge is 0.327 e. The maximum Gasteiger partial charge on any atom is 0.327 e. The Morgan fingerprint density at radius 2 is 2.00 bits per heavy atom. The maximum absolute atomic E-state index is 12.4. The van der Waals surface area contributed by atoms with E-state index in [1.165, 1.54) is 25.7 Å². The molecule has 0 saturated heterocycles.